The van der Waals surface area contributed by atoms with E-state index < -0.39 is 10.0 Å². The van der Waals surface area contributed by atoms with Crippen molar-refractivity contribution in [2.75, 3.05) is 26.7 Å². The zero-order chi connectivity index (χ0) is 14.5. The first-order valence-electron chi connectivity index (χ1n) is 5.91. The van der Waals surface area contributed by atoms with E-state index in [1.165, 1.54) is 23.5 Å². The molecule has 0 unspecified atom stereocenters. The SMILES string of the molecule is C=C(C)CN(C)S(=O)(=O)c1ccc(OCCN)cc1. The Balaban J connectivity index is 2.87. The summed E-state index contributed by atoms with van der Waals surface area (Å²) in [6.45, 7) is 6.62. The minimum absolute atomic E-state index is 0.233. The molecule has 1 rings (SSSR count). The fraction of sp³-hybridized carbons (Fsp3) is 0.385. The van der Waals surface area contributed by atoms with Gasteiger partial charge in [0.15, 0.2) is 0 Å². The summed E-state index contributed by atoms with van der Waals surface area (Å²) in [5.41, 5.74) is 6.11. The van der Waals surface area contributed by atoms with Crippen LogP contribution in [0.3, 0.4) is 0 Å². The topological polar surface area (TPSA) is 72.6 Å². The van der Waals surface area contributed by atoms with Crippen molar-refractivity contribution in [1.29, 1.82) is 0 Å². The second-order valence-corrected chi connectivity index (χ2v) is 6.37. The number of hydrogen-bond donors (Lipinski definition) is 1. The van der Waals surface area contributed by atoms with Crippen LogP contribution < -0.4 is 10.5 Å². The zero-order valence-electron chi connectivity index (χ0n) is 11.3. The van der Waals surface area contributed by atoms with Gasteiger partial charge in [0, 0.05) is 20.1 Å². The molecule has 0 amide bonds. The summed E-state index contributed by atoms with van der Waals surface area (Å²) in [4.78, 5) is 0.233. The number of likely N-dealkylation sites (N-methyl/N-ethyl adjacent to an activating group) is 1. The van der Waals surface area contributed by atoms with Crippen LogP contribution >= 0.6 is 0 Å². The van der Waals surface area contributed by atoms with Crippen molar-refractivity contribution in [3.05, 3.63) is 36.4 Å². The Kier molecular flexibility index (Phi) is 5.53. The molecule has 0 aliphatic carbocycles. The molecule has 6 heteroatoms. The third-order valence-corrected chi connectivity index (χ3v) is 4.23. The lowest BCUT2D eigenvalue weighted by Crippen LogP contribution is -2.28. The van der Waals surface area contributed by atoms with Crippen LogP contribution in [-0.2, 0) is 10.0 Å². The summed E-state index contributed by atoms with van der Waals surface area (Å²) in [7, 11) is -1.95. The van der Waals surface area contributed by atoms with Crippen molar-refractivity contribution in [2.45, 2.75) is 11.8 Å². The molecule has 0 fully saturated rings. The molecule has 106 valence electrons. The highest BCUT2D eigenvalue weighted by Crippen LogP contribution is 2.19. The third kappa shape index (κ3) is 4.34. The van der Waals surface area contributed by atoms with Crippen molar-refractivity contribution >= 4 is 10.0 Å². The van der Waals surface area contributed by atoms with Crippen molar-refractivity contribution in [2.24, 2.45) is 5.73 Å². The Labute approximate surface area is 114 Å². The molecule has 0 spiro atoms. The Hall–Kier alpha value is -1.37. The largest absolute Gasteiger partial charge is 0.492 e. The number of ether oxygens (including phenoxy) is 1. The van der Waals surface area contributed by atoms with E-state index in [4.69, 9.17) is 10.5 Å². The standard InChI is InChI=1S/C13H20N2O3S/c1-11(2)10-15(3)19(16,17)13-6-4-12(5-7-13)18-9-8-14/h4-7H,1,8-10,14H2,2-3H3. The van der Waals surface area contributed by atoms with Crippen molar-refractivity contribution < 1.29 is 13.2 Å². The van der Waals surface area contributed by atoms with Crippen LogP contribution in [0.15, 0.2) is 41.3 Å². The maximum absolute atomic E-state index is 12.2. The van der Waals surface area contributed by atoms with Gasteiger partial charge in [-0.1, -0.05) is 12.2 Å². The molecule has 0 aromatic heterocycles. The number of benzene rings is 1. The smallest absolute Gasteiger partial charge is 0.243 e. The predicted molar refractivity (Wildman–Crippen MR) is 75.6 cm³/mol. The van der Waals surface area contributed by atoms with E-state index in [2.05, 4.69) is 6.58 Å². The maximum atomic E-state index is 12.2. The van der Waals surface area contributed by atoms with Gasteiger partial charge in [-0.15, -0.1) is 0 Å². The van der Waals surface area contributed by atoms with Crippen LogP contribution in [0.1, 0.15) is 6.92 Å². The van der Waals surface area contributed by atoms with Gasteiger partial charge in [0.05, 0.1) is 4.90 Å². The minimum atomic E-state index is -3.48. The third-order valence-electron chi connectivity index (χ3n) is 2.41. The van der Waals surface area contributed by atoms with E-state index in [-0.39, 0.29) is 4.90 Å². The molecule has 0 atom stereocenters. The summed E-state index contributed by atoms with van der Waals surface area (Å²) < 4.78 is 31.0. The molecule has 0 saturated heterocycles. The molecular formula is C13H20N2O3S. The van der Waals surface area contributed by atoms with E-state index in [9.17, 15) is 8.42 Å². The summed E-state index contributed by atoms with van der Waals surface area (Å²) in [6.07, 6.45) is 0. The highest BCUT2D eigenvalue weighted by atomic mass is 32.2. The molecule has 0 saturated carbocycles. The summed E-state index contributed by atoms with van der Waals surface area (Å²) in [5, 5.41) is 0. The number of hydrogen-bond acceptors (Lipinski definition) is 4. The predicted octanol–water partition coefficient (Wildman–Crippen LogP) is 1.22. The normalized spacial score (nSPS) is 11.6. The number of nitrogens with zero attached hydrogens (tertiary/aromatic N) is 1. The van der Waals surface area contributed by atoms with Crippen LogP contribution in [0.4, 0.5) is 0 Å². The summed E-state index contributed by atoms with van der Waals surface area (Å²) in [5.74, 6) is 0.604. The molecule has 1 aromatic carbocycles. The molecule has 2 N–H and O–H groups in total. The lowest BCUT2D eigenvalue weighted by molar-refractivity contribution is 0.328. The van der Waals surface area contributed by atoms with E-state index in [0.29, 0.717) is 25.4 Å². The fourth-order valence-corrected chi connectivity index (χ4v) is 2.76. The first-order valence-corrected chi connectivity index (χ1v) is 7.35. The second-order valence-electron chi connectivity index (χ2n) is 4.33. The monoisotopic (exact) mass is 284 g/mol. The van der Waals surface area contributed by atoms with E-state index >= 15 is 0 Å². The van der Waals surface area contributed by atoms with Crippen LogP contribution in [0.5, 0.6) is 5.75 Å². The molecular weight excluding hydrogens is 264 g/mol. The van der Waals surface area contributed by atoms with Gasteiger partial charge in [-0.2, -0.15) is 4.31 Å². The Morgan fingerprint density at radius 3 is 2.42 bits per heavy atom. The van der Waals surface area contributed by atoms with Gasteiger partial charge in [-0.05, 0) is 31.2 Å². The number of rotatable bonds is 7. The van der Waals surface area contributed by atoms with Crippen molar-refractivity contribution in [1.82, 2.24) is 4.31 Å². The van der Waals surface area contributed by atoms with Gasteiger partial charge in [-0.3, -0.25) is 0 Å². The summed E-state index contributed by atoms with van der Waals surface area (Å²) in [6, 6.07) is 6.29. The first-order chi connectivity index (χ1) is 8.87. The Morgan fingerprint density at radius 1 is 1.37 bits per heavy atom. The lowest BCUT2D eigenvalue weighted by Gasteiger charge is -2.17. The van der Waals surface area contributed by atoms with Gasteiger partial charge >= 0.3 is 0 Å². The molecule has 0 bridgehead atoms. The van der Waals surface area contributed by atoms with Crippen molar-refractivity contribution in [3.63, 3.8) is 0 Å². The van der Waals surface area contributed by atoms with Crippen LogP contribution in [-0.4, -0.2) is 39.5 Å². The van der Waals surface area contributed by atoms with Gasteiger partial charge in [0.2, 0.25) is 10.0 Å². The van der Waals surface area contributed by atoms with Crippen LogP contribution in [0.25, 0.3) is 0 Å². The minimum Gasteiger partial charge on any atom is -0.492 e. The van der Waals surface area contributed by atoms with E-state index in [1.54, 1.807) is 19.1 Å². The van der Waals surface area contributed by atoms with E-state index in [1.807, 2.05) is 0 Å². The van der Waals surface area contributed by atoms with Gasteiger partial charge in [0.1, 0.15) is 12.4 Å². The van der Waals surface area contributed by atoms with Gasteiger partial charge in [-0.25, -0.2) is 8.42 Å². The molecule has 0 heterocycles. The average molecular weight is 284 g/mol. The molecule has 0 aliphatic heterocycles. The van der Waals surface area contributed by atoms with Crippen molar-refractivity contribution in [3.8, 4) is 5.75 Å². The fourth-order valence-electron chi connectivity index (χ4n) is 1.53. The van der Waals surface area contributed by atoms with Crippen LogP contribution in [0, 0.1) is 0 Å². The van der Waals surface area contributed by atoms with Gasteiger partial charge in [0.25, 0.3) is 0 Å². The molecule has 0 aliphatic rings. The quantitative estimate of drug-likeness (QED) is 0.764. The number of sulfonamides is 1. The zero-order valence-corrected chi connectivity index (χ0v) is 12.1. The summed E-state index contributed by atoms with van der Waals surface area (Å²) >= 11 is 0. The lowest BCUT2D eigenvalue weighted by atomic mass is 10.3. The number of nitrogens with two attached hydrogens (primary N) is 1. The average Bonchev–Trinajstić information content (AvgIpc) is 2.36. The Bertz CT molecular complexity index is 523. The highest BCUT2D eigenvalue weighted by Gasteiger charge is 2.20. The molecule has 5 nitrogen and oxygen atoms in total. The molecule has 0 radical (unpaired) electrons. The Morgan fingerprint density at radius 2 is 1.95 bits per heavy atom. The van der Waals surface area contributed by atoms with E-state index in [0.717, 1.165) is 5.57 Å². The van der Waals surface area contributed by atoms with Gasteiger partial charge < -0.3 is 10.5 Å². The van der Waals surface area contributed by atoms with Crippen LogP contribution in [0.2, 0.25) is 0 Å². The molecule has 19 heavy (non-hydrogen) atoms. The second kappa shape index (κ2) is 6.70. The molecule has 1 aromatic rings. The maximum Gasteiger partial charge on any atom is 0.243 e. The first kappa shape index (κ1) is 15.7. The highest BCUT2D eigenvalue weighted by molar-refractivity contribution is 7.89.